The lowest BCUT2D eigenvalue weighted by Gasteiger charge is -2.30. The van der Waals surface area contributed by atoms with E-state index >= 15 is 0 Å². The van der Waals surface area contributed by atoms with Crippen molar-refractivity contribution in [1.29, 1.82) is 5.26 Å². The Hall–Kier alpha value is -2.22. The van der Waals surface area contributed by atoms with Gasteiger partial charge in [-0.3, -0.25) is 0 Å². The molecule has 0 unspecified atom stereocenters. The molecule has 0 bridgehead atoms. The molecule has 0 aliphatic heterocycles. The molecule has 192 valence electrons. The molecule has 0 amide bonds. The van der Waals surface area contributed by atoms with Crippen molar-refractivity contribution in [2.45, 2.75) is 102 Å². The molecular weight excluding hydrogens is 447 g/mol. The van der Waals surface area contributed by atoms with Crippen molar-refractivity contribution in [2.75, 3.05) is 0 Å². The third-order valence-electron chi connectivity index (χ3n) is 8.03. The maximum atomic E-state index is 12.3. The van der Waals surface area contributed by atoms with Gasteiger partial charge in [0.05, 0.1) is 6.07 Å². The molecule has 2 aliphatic rings. The summed E-state index contributed by atoms with van der Waals surface area (Å²) in [5.74, 6) is 2.93. The molecule has 3 rings (SSSR count). The molecule has 0 saturated heterocycles. The first-order valence-electron chi connectivity index (χ1n) is 13.5. The molecule has 0 aromatic heterocycles. The fourth-order valence-electron chi connectivity index (χ4n) is 6.01. The van der Waals surface area contributed by atoms with Crippen LogP contribution in [0.2, 0.25) is 0 Å². The van der Waals surface area contributed by atoms with Crippen LogP contribution in [0.1, 0.15) is 101 Å². The molecule has 0 N–H and O–H groups in total. The number of ether oxygens (including phenoxy) is 1. The SMILES string of the molecule is N#C/C=C/C=C/CCC1CCC(CCCCC2CCC(c3ccc(OC(F)(F)F)cc3)CC2)CC1. The zero-order valence-electron chi connectivity index (χ0n) is 20.8. The van der Waals surface area contributed by atoms with Gasteiger partial charge in [0.15, 0.2) is 0 Å². The standard InChI is InChI=1S/C30H40F3NO/c31-30(32,33)35-29-21-19-28(20-22-29)27-17-15-26(16-18-27)10-6-5-9-25-13-11-24(12-14-25)8-4-2-1-3-7-23-34/h1-3,7,19-22,24-27H,4-6,8-18H2/b2-1+,7-3+. The van der Waals surface area contributed by atoms with Gasteiger partial charge in [-0.15, -0.1) is 13.2 Å². The molecule has 1 aromatic carbocycles. The molecule has 2 nitrogen and oxygen atoms in total. The maximum absolute atomic E-state index is 12.3. The van der Waals surface area contributed by atoms with Gasteiger partial charge in [0.2, 0.25) is 0 Å². The van der Waals surface area contributed by atoms with E-state index in [1.165, 1.54) is 88.8 Å². The Labute approximate surface area is 209 Å². The van der Waals surface area contributed by atoms with Gasteiger partial charge >= 0.3 is 6.36 Å². The van der Waals surface area contributed by atoms with Crippen LogP contribution in [0, 0.1) is 29.1 Å². The van der Waals surface area contributed by atoms with Gasteiger partial charge in [0.25, 0.3) is 0 Å². The van der Waals surface area contributed by atoms with Crippen LogP contribution in [0.15, 0.2) is 48.6 Å². The summed E-state index contributed by atoms with van der Waals surface area (Å²) in [6, 6.07) is 8.48. The Morgan fingerprint density at radius 1 is 0.800 bits per heavy atom. The molecule has 0 heterocycles. The highest BCUT2D eigenvalue weighted by Gasteiger charge is 2.31. The number of hydrogen-bond donors (Lipinski definition) is 0. The first-order chi connectivity index (χ1) is 16.9. The summed E-state index contributed by atoms with van der Waals surface area (Å²) in [7, 11) is 0. The Morgan fingerprint density at radius 2 is 1.34 bits per heavy atom. The normalized spacial score (nSPS) is 25.7. The monoisotopic (exact) mass is 487 g/mol. The van der Waals surface area contributed by atoms with Crippen LogP contribution in [0.5, 0.6) is 5.75 Å². The van der Waals surface area contributed by atoms with Crippen LogP contribution in [0.3, 0.4) is 0 Å². The van der Waals surface area contributed by atoms with Gasteiger partial charge in [-0.2, -0.15) is 5.26 Å². The van der Waals surface area contributed by atoms with Crippen LogP contribution in [0.4, 0.5) is 13.2 Å². The smallest absolute Gasteiger partial charge is 0.406 e. The van der Waals surface area contributed by atoms with Crippen LogP contribution < -0.4 is 4.74 Å². The van der Waals surface area contributed by atoms with E-state index < -0.39 is 6.36 Å². The van der Waals surface area contributed by atoms with E-state index in [1.54, 1.807) is 18.2 Å². The molecule has 2 aliphatic carbocycles. The van der Waals surface area contributed by atoms with Crippen LogP contribution in [-0.2, 0) is 0 Å². The topological polar surface area (TPSA) is 33.0 Å². The number of unbranched alkanes of at least 4 members (excludes halogenated alkanes) is 1. The van der Waals surface area contributed by atoms with Gasteiger partial charge in [-0.25, -0.2) is 0 Å². The summed E-state index contributed by atoms with van der Waals surface area (Å²) >= 11 is 0. The minimum atomic E-state index is -4.63. The molecule has 2 saturated carbocycles. The third kappa shape index (κ3) is 10.5. The summed E-state index contributed by atoms with van der Waals surface area (Å²) in [5, 5.41) is 8.48. The Kier molecular flexibility index (Phi) is 11.2. The third-order valence-corrected chi connectivity index (χ3v) is 8.03. The largest absolute Gasteiger partial charge is 0.573 e. The highest BCUT2D eigenvalue weighted by atomic mass is 19.4. The Morgan fingerprint density at radius 3 is 1.89 bits per heavy atom. The molecular formula is C30H40F3NO. The van der Waals surface area contributed by atoms with E-state index in [4.69, 9.17) is 5.26 Å². The predicted molar refractivity (Wildman–Crippen MR) is 135 cm³/mol. The lowest BCUT2D eigenvalue weighted by atomic mass is 9.76. The van der Waals surface area contributed by atoms with Gasteiger partial charge in [0.1, 0.15) is 5.75 Å². The zero-order chi connectivity index (χ0) is 24.9. The quantitative estimate of drug-likeness (QED) is 0.177. The number of benzene rings is 1. The molecule has 5 heteroatoms. The lowest BCUT2D eigenvalue weighted by molar-refractivity contribution is -0.274. The minimum absolute atomic E-state index is 0.138. The summed E-state index contributed by atoms with van der Waals surface area (Å²) in [6.45, 7) is 0. The van der Waals surface area contributed by atoms with Crippen LogP contribution >= 0.6 is 0 Å². The number of halogens is 3. The van der Waals surface area contributed by atoms with Gasteiger partial charge in [0, 0.05) is 6.08 Å². The molecule has 1 aromatic rings. The number of hydrogen-bond acceptors (Lipinski definition) is 2. The highest BCUT2D eigenvalue weighted by molar-refractivity contribution is 5.29. The van der Waals surface area contributed by atoms with Crippen molar-refractivity contribution >= 4 is 0 Å². The number of nitrogens with zero attached hydrogens (tertiary/aromatic N) is 1. The molecule has 0 spiro atoms. The van der Waals surface area contributed by atoms with Crippen molar-refractivity contribution in [2.24, 2.45) is 17.8 Å². The second-order valence-corrected chi connectivity index (χ2v) is 10.5. The summed E-state index contributed by atoms with van der Waals surface area (Å²) < 4.78 is 41.0. The van der Waals surface area contributed by atoms with E-state index in [1.807, 2.05) is 12.1 Å². The number of rotatable bonds is 11. The van der Waals surface area contributed by atoms with Crippen LogP contribution in [0.25, 0.3) is 0 Å². The second-order valence-electron chi connectivity index (χ2n) is 10.5. The number of alkyl halides is 3. The van der Waals surface area contributed by atoms with Crippen molar-refractivity contribution in [3.8, 4) is 11.8 Å². The van der Waals surface area contributed by atoms with Crippen molar-refractivity contribution in [1.82, 2.24) is 0 Å². The van der Waals surface area contributed by atoms with E-state index in [9.17, 15) is 13.2 Å². The van der Waals surface area contributed by atoms with Crippen LogP contribution in [-0.4, -0.2) is 6.36 Å². The molecule has 0 atom stereocenters. The number of nitriles is 1. The van der Waals surface area contributed by atoms with E-state index in [-0.39, 0.29) is 5.75 Å². The molecule has 0 radical (unpaired) electrons. The maximum Gasteiger partial charge on any atom is 0.573 e. The Balaban J connectivity index is 1.23. The predicted octanol–water partition coefficient (Wildman–Crippen LogP) is 9.64. The van der Waals surface area contributed by atoms with E-state index in [0.29, 0.717) is 5.92 Å². The molecule has 35 heavy (non-hydrogen) atoms. The van der Waals surface area contributed by atoms with E-state index in [2.05, 4.69) is 10.8 Å². The first-order valence-corrected chi connectivity index (χ1v) is 13.5. The van der Waals surface area contributed by atoms with E-state index in [0.717, 1.165) is 42.6 Å². The van der Waals surface area contributed by atoms with Gasteiger partial charge < -0.3 is 4.74 Å². The van der Waals surface area contributed by atoms with Crippen molar-refractivity contribution in [3.63, 3.8) is 0 Å². The fourth-order valence-corrected chi connectivity index (χ4v) is 6.01. The van der Waals surface area contributed by atoms with Gasteiger partial charge in [-0.05, 0) is 79.9 Å². The fraction of sp³-hybridized carbons (Fsp3) is 0.633. The summed E-state index contributed by atoms with van der Waals surface area (Å²) in [6.07, 6.45) is 20.9. The average molecular weight is 488 g/mol. The summed E-state index contributed by atoms with van der Waals surface area (Å²) in [4.78, 5) is 0. The zero-order valence-corrected chi connectivity index (χ0v) is 20.8. The lowest BCUT2D eigenvalue weighted by Crippen LogP contribution is -2.17. The molecule has 2 fully saturated rings. The first kappa shape index (κ1) is 27.4. The highest BCUT2D eigenvalue weighted by Crippen LogP contribution is 2.39. The second kappa shape index (κ2) is 14.4. The minimum Gasteiger partial charge on any atom is -0.406 e. The van der Waals surface area contributed by atoms with Crippen molar-refractivity contribution in [3.05, 3.63) is 54.1 Å². The summed E-state index contributed by atoms with van der Waals surface area (Å²) in [5.41, 5.74) is 1.14. The Bertz CT molecular complexity index is 821. The number of allylic oxidation sites excluding steroid dienone is 4. The van der Waals surface area contributed by atoms with Crippen molar-refractivity contribution < 1.29 is 17.9 Å². The average Bonchev–Trinajstić information content (AvgIpc) is 2.85. The van der Waals surface area contributed by atoms with Gasteiger partial charge in [-0.1, -0.05) is 81.7 Å².